The summed E-state index contributed by atoms with van der Waals surface area (Å²) in [6.45, 7) is 0. The molecule has 1 fully saturated rings. The number of hydrogen-bond donors (Lipinski definition) is 1. The maximum atomic E-state index is 3.95. The van der Waals surface area contributed by atoms with Gasteiger partial charge in [0, 0.05) is 33.5 Å². The minimum Gasteiger partial charge on any atom is -0.305 e. The van der Waals surface area contributed by atoms with Crippen LogP contribution in [-0.4, -0.2) is 17.5 Å². The van der Waals surface area contributed by atoms with Crippen molar-refractivity contribution in [1.82, 2.24) is 5.32 Å². The number of hydrogen-bond acceptors (Lipinski definition) is 4. The van der Waals surface area contributed by atoms with Gasteiger partial charge in [0.25, 0.3) is 0 Å². The Morgan fingerprint density at radius 3 is 2.80 bits per heavy atom. The number of nitrogens with one attached hydrogen (secondary N) is 1. The van der Waals surface area contributed by atoms with E-state index < -0.39 is 0 Å². The third kappa shape index (κ3) is 3.48. The Morgan fingerprint density at radius 2 is 2.10 bits per heavy atom. The first-order valence-electron chi connectivity index (χ1n) is 7.21. The Balaban J connectivity index is 1.72. The fourth-order valence-electron chi connectivity index (χ4n) is 3.02. The molecular formula is C16H21NS3. The maximum absolute atomic E-state index is 3.95. The van der Waals surface area contributed by atoms with E-state index in [9.17, 15) is 0 Å². The Labute approximate surface area is 133 Å². The average molecular weight is 324 g/mol. The lowest BCUT2D eigenvalue weighted by Crippen LogP contribution is -2.37. The highest BCUT2D eigenvalue weighted by molar-refractivity contribution is 7.99. The van der Waals surface area contributed by atoms with Crippen molar-refractivity contribution >= 4 is 34.4 Å². The van der Waals surface area contributed by atoms with Crippen molar-refractivity contribution in [1.29, 1.82) is 0 Å². The summed E-state index contributed by atoms with van der Waals surface area (Å²) in [5.41, 5.74) is 0. The summed E-state index contributed by atoms with van der Waals surface area (Å²) in [5, 5.41) is 9.12. The van der Waals surface area contributed by atoms with Gasteiger partial charge in [0.1, 0.15) is 0 Å². The second kappa shape index (κ2) is 7.12. The molecule has 4 heteroatoms. The van der Waals surface area contributed by atoms with Gasteiger partial charge in [-0.2, -0.15) is 11.8 Å². The standard InChI is InChI=1S/C16H21NS3/c1-18-15-7-2-6-13(15)17-14(16-8-4-10-20-16)11-12-5-3-9-19-12/h3-5,8-10,13-15,17H,2,6-7,11H2,1H3. The van der Waals surface area contributed by atoms with Crippen LogP contribution in [0, 0.1) is 0 Å². The summed E-state index contributed by atoms with van der Waals surface area (Å²) in [6, 6.07) is 10.0. The minimum atomic E-state index is 0.478. The van der Waals surface area contributed by atoms with Crippen molar-refractivity contribution in [2.45, 2.75) is 43.0 Å². The van der Waals surface area contributed by atoms with E-state index in [0.29, 0.717) is 12.1 Å². The van der Waals surface area contributed by atoms with E-state index in [-0.39, 0.29) is 0 Å². The van der Waals surface area contributed by atoms with Gasteiger partial charge in [-0.1, -0.05) is 18.6 Å². The summed E-state index contributed by atoms with van der Waals surface area (Å²) in [5.74, 6) is 0. The molecule has 108 valence electrons. The van der Waals surface area contributed by atoms with E-state index in [1.165, 1.54) is 29.0 Å². The molecular weight excluding hydrogens is 302 g/mol. The van der Waals surface area contributed by atoms with Crippen LogP contribution in [0.15, 0.2) is 35.0 Å². The third-order valence-corrected chi connectivity index (χ3v) is 7.10. The van der Waals surface area contributed by atoms with Gasteiger partial charge in [0.05, 0.1) is 0 Å². The van der Waals surface area contributed by atoms with Crippen LogP contribution >= 0.6 is 34.4 Å². The van der Waals surface area contributed by atoms with Crippen LogP contribution < -0.4 is 5.32 Å². The third-order valence-electron chi connectivity index (χ3n) is 4.04. The summed E-state index contributed by atoms with van der Waals surface area (Å²) in [7, 11) is 0. The van der Waals surface area contributed by atoms with E-state index >= 15 is 0 Å². The molecule has 0 amide bonds. The van der Waals surface area contributed by atoms with Gasteiger partial charge in [-0.25, -0.2) is 0 Å². The number of thiophene rings is 2. The van der Waals surface area contributed by atoms with Gasteiger partial charge in [-0.3, -0.25) is 0 Å². The lowest BCUT2D eigenvalue weighted by Gasteiger charge is -2.25. The highest BCUT2D eigenvalue weighted by atomic mass is 32.2. The van der Waals surface area contributed by atoms with Crippen LogP contribution in [-0.2, 0) is 6.42 Å². The lowest BCUT2D eigenvalue weighted by molar-refractivity contribution is 0.449. The molecule has 0 bridgehead atoms. The van der Waals surface area contributed by atoms with Crippen molar-refractivity contribution in [3.8, 4) is 0 Å². The molecule has 3 unspecified atom stereocenters. The van der Waals surface area contributed by atoms with Crippen LogP contribution in [0.5, 0.6) is 0 Å². The predicted molar refractivity (Wildman–Crippen MR) is 93.2 cm³/mol. The summed E-state index contributed by atoms with van der Waals surface area (Å²) in [4.78, 5) is 2.96. The molecule has 2 aromatic rings. The lowest BCUT2D eigenvalue weighted by atomic mass is 10.1. The molecule has 0 aromatic carbocycles. The van der Waals surface area contributed by atoms with Crippen molar-refractivity contribution < 1.29 is 0 Å². The Hall–Kier alpha value is -0.290. The van der Waals surface area contributed by atoms with Gasteiger partial charge in [-0.05, 0) is 42.0 Å². The van der Waals surface area contributed by atoms with Crippen LogP contribution in [0.4, 0.5) is 0 Å². The molecule has 0 spiro atoms. The van der Waals surface area contributed by atoms with Gasteiger partial charge < -0.3 is 5.32 Å². The fourth-order valence-corrected chi connectivity index (χ4v) is 5.50. The normalized spacial score (nSPS) is 24.1. The first-order valence-corrected chi connectivity index (χ1v) is 10.3. The second-order valence-corrected chi connectivity index (χ2v) is 8.42. The van der Waals surface area contributed by atoms with Crippen LogP contribution in [0.25, 0.3) is 0 Å². The van der Waals surface area contributed by atoms with Crippen LogP contribution in [0.2, 0.25) is 0 Å². The van der Waals surface area contributed by atoms with Crippen molar-refractivity contribution in [2.75, 3.05) is 6.26 Å². The fraction of sp³-hybridized carbons (Fsp3) is 0.500. The monoisotopic (exact) mass is 323 g/mol. The Kier molecular flexibility index (Phi) is 5.21. The second-order valence-electron chi connectivity index (χ2n) is 5.33. The molecule has 2 heterocycles. The van der Waals surface area contributed by atoms with Gasteiger partial charge >= 0.3 is 0 Å². The molecule has 1 aliphatic carbocycles. The predicted octanol–water partition coefficient (Wildman–Crippen LogP) is 4.97. The van der Waals surface area contributed by atoms with E-state index in [0.717, 1.165) is 11.7 Å². The van der Waals surface area contributed by atoms with E-state index in [1.807, 2.05) is 34.4 Å². The molecule has 2 aromatic heterocycles. The van der Waals surface area contributed by atoms with Gasteiger partial charge in [0.2, 0.25) is 0 Å². The van der Waals surface area contributed by atoms with Crippen molar-refractivity contribution in [3.63, 3.8) is 0 Å². The smallest absolute Gasteiger partial charge is 0.0466 e. The Bertz CT molecular complexity index is 492. The van der Waals surface area contributed by atoms with E-state index in [1.54, 1.807) is 0 Å². The van der Waals surface area contributed by atoms with Crippen molar-refractivity contribution in [3.05, 3.63) is 44.8 Å². The molecule has 1 saturated carbocycles. The summed E-state index contributed by atoms with van der Waals surface area (Å²) in [6.07, 6.45) is 7.45. The molecule has 1 aliphatic rings. The largest absolute Gasteiger partial charge is 0.305 e. The summed E-state index contributed by atoms with van der Waals surface area (Å²) >= 11 is 5.78. The number of thioether (sulfide) groups is 1. The molecule has 3 rings (SSSR count). The molecule has 0 aliphatic heterocycles. The zero-order valence-electron chi connectivity index (χ0n) is 11.7. The molecule has 0 radical (unpaired) electrons. The first-order chi connectivity index (χ1) is 9.86. The average Bonchev–Trinajstić information content (AvgIpc) is 3.21. The van der Waals surface area contributed by atoms with Gasteiger partial charge in [-0.15, -0.1) is 22.7 Å². The number of rotatable bonds is 6. The molecule has 0 saturated heterocycles. The molecule has 20 heavy (non-hydrogen) atoms. The van der Waals surface area contributed by atoms with Crippen LogP contribution in [0.1, 0.15) is 35.1 Å². The highest BCUT2D eigenvalue weighted by Gasteiger charge is 2.29. The highest BCUT2D eigenvalue weighted by Crippen LogP contribution is 2.32. The van der Waals surface area contributed by atoms with Crippen molar-refractivity contribution in [2.24, 2.45) is 0 Å². The van der Waals surface area contributed by atoms with Gasteiger partial charge in [0.15, 0.2) is 0 Å². The summed E-state index contributed by atoms with van der Waals surface area (Å²) < 4.78 is 0. The Morgan fingerprint density at radius 1 is 1.25 bits per heavy atom. The van der Waals surface area contributed by atoms with E-state index in [4.69, 9.17) is 0 Å². The zero-order chi connectivity index (χ0) is 13.8. The molecule has 1 nitrogen and oxygen atoms in total. The molecule has 1 N–H and O–H groups in total. The van der Waals surface area contributed by atoms with Crippen LogP contribution in [0.3, 0.4) is 0 Å². The maximum Gasteiger partial charge on any atom is 0.0466 e. The topological polar surface area (TPSA) is 12.0 Å². The quantitative estimate of drug-likeness (QED) is 0.806. The SMILES string of the molecule is CSC1CCCC1NC(Cc1cccs1)c1cccs1. The minimum absolute atomic E-state index is 0.478. The molecule has 3 atom stereocenters. The van der Waals surface area contributed by atoms with E-state index in [2.05, 4.69) is 46.6 Å². The first kappa shape index (κ1) is 14.6. The zero-order valence-corrected chi connectivity index (χ0v) is 14.2.